The van der Waals surface area contributed by atoms with E-state index in [0.29, 0.717) is 0 Å². The van der Waals surface area contributed by atoms with Crippen LogP contribution in [-0.4, -0.2) is 20.5 Å². The molecule has 2 nitrogen and oxygen atoms in total. The van der Waals surface area contributed by atoms with Crippen molar-refractivity contribution >= 4 is 0 Å². The minimum Gasteiger partial charge on any atom is -0.356 e. The van der Waals surface area contributed by atoms with E-state index in [1.807, 2.05) is 34.6 Å². The van der Waals surface area contributed by atoms with Crippen molar-refractivity contribution in [2.24, 2.45) is 0 Å². The van der Waals surface area contributed by atoms with E-state index in [9.17, 15) is 0 Å². The summed E-state index contributed by atoms with van der Waals surface area (Å²) in [6, 6.07) is 0. The fourth-order valence-electron chi connectivity index (χ4n) is 0.0962. The van der Waals surface area contributed by atoms with E-state index >= 15 is 0 Å². The molecule has 0 aliphatic rings. The molecule has 0 amide bonds. The highest BCUT2D eigenvalue weighted by Crippen LogP contribution is 1.82. The van der Waals surface area contributed by atoms with Crippen LogP contribution in [0.25, 0.3) is 0 Å². The Kier molecular flexibility index (Phi) is 38.1. The summed E-state index contributed by atoms with van der Waals surface area (Å²) >= 11 is 0. The third-order valence-electron chi connectivity index (χ3n) is 0.664. The summed E-state index contributed by atoms with van der Waals surface area (Å²) in [5.74, 6) is 0. The van der Waals surface area contributed by atoms with Gasteiger partial charge in [-0.3, -0.25) is 0 Å². The molecule has 0 aliphatic carbocycles. The lowest BCUT2D eigenvalue weighted by atomic mass is 10.8. The maximum Gasteiger partial charge on any atom is 0.154 e. The summed E-state index contributed by atoms with van der Waals surface area (Å²) in [5, 5.41) is 0. The number of ether oxygens (including phenoxy) is 2. The topological polar surface area (TPSA) is 18.5 Å². The van der Waals surface area contributed by atoms with E-state index in [2.05, 4.69) is 9.47 Å². The lowest BCUT2D eigenvalue weighted by Crippen LogP contribution is -2.05. The molecule has 0 fully saturated rings. The fraction of sp³-hybridized carbons (Fsp3) is 1.00. The second kappa shape index (κ2) is 23.1. The molecule has 0 saturated heterocycles. The van der Waals surface area contributed by atoms with Crippen LogP contribution in [0.15, 0.2) is 0 Å². The summed E-state index contributed by atoms with van der Waals surface area (Å²) in [6.45, 7) is 9.83. The zero-order valence-corrected chi connectivity index (χ0v) is 8.39. The molecule has 10 heavy (non-hydrogen) atoms. The van der Waals surface area contributed by atoms with E-state index in [0.717, 1.165) is 0 Å². The van der Waals surface area contributed by atoms with Crippen molar-refractivity contribution in [2.75, 3.05) is 14.2 Å². The van der Waals surface area contributed by atoms with Crippen molar-refractivity contribution < 1.29 is 9.47 Å². The first kappa shape index (κ1) is 16.5. The molecule has 0 heterocycles. The van der Waals surface area contributed by atoms with Crippen LogP contribution in [0, 0.1) is 0 Å². The number of rotatable bonds is 2. The molecule has 2 heteroatoms. The Morgan fingerprint density at radius 3 is 1.00 bits per heavy atom. The first-order chi connectivity index (χ1) is 4.81. The molecule has 0 aromatic rings. The number of hydrogen-bond acceptors (Lipinski definition) is 2. The number of hydrogen-bond donors (Lipinski definition) is 0. The van der Waals surface area contributed by atoms with Crippen molar-refractivity contribution in [3.63, 3.8) is 0 Å². The lowest BCUT2D eigenvalue weighted by Gasteiger charge is -2.03. The van der Waals surface area contributed by atoms with Gasteiger partial charge in [-0.2, -0.15) is 0 Å². The van der Waals surface area contributed by atoms with Crippen LogP contribution in [0.2, 0.25) is 0 Å². The SMILES string of the molecule is CC.CC.COC(C)OC. The minimum atomic E-state index is -0.0648. The first-order valence-electron chi connectivity index (χ1n) is 3.87. The molecule has 66 valence electrons. The van der Waals surface area contributed by atoms with Gasteiger partial charge in [-0.1, -0.05) is 27.7 Å². The highest BCUT2D eigenvalue weighted by Gasteiger charge is 1.87. The van der Waals surface area contributed by atoms with Gasteiger partial charge in [0.15, 0.2) is 6.29 Å². The lowest BCUT2D eigenvalue weighted by molar-refractivity contribution is -0.0877. The van der Waals surface area contributed by atoms with Crippen LogP contribution in [0.1, 0.15) is 34.6 Å². The zero-order chi connectivity index (χ0) is 8.99. The van der Waals surface area contributed by atoms with Gasteiger partial charge < -0.3 is 9.47 Å². The molecular weight excluding hydrogens is 128 g/mol. The van der Waals surface area contributed by atoms with Gasteiger partial charge in [-0.15, -0.1) is 0 Å². The van der Waals surface area contributed by atoms with Crippen molar-refractivity contribution in [2.45, 2.75) is 40.9 Å². The van der Waals surface area contributed by atoms with Crippen molar-refractivity contribution in [3.8, 4) is 0 Å². The van der Waals surface area contributed by atoms with Crippen molar-refractivity contribution in [1.82, 2.24) is 0 Å². The molecule has 0 bridgehead atoms. The Hall–Kier alpha value is -0.0800. The summed E-state index contributed by atoms with van der Waals surface area (Å²) < 4.78 is 9.35. The molecule has 0 rings (SSSR count). The zero-order valence-electron chi connectivity index (χ0n) is 8.39. The average Bonchev–Trinajstić information content (AvgIpc) is 2.10. The molecule has 0 spiro atoms. The molecular formula is C8H22O2. The summed E-state index contributed by atoms with van der Waals surface area (Å²) in [4.78, 5) is 0. The van der Waals surface area contributed by atoms with E-state index in [1.54, 1.807) is 14.2 Å². The van der Waals surface area contributed by atoms with Gasteiger partial charge >= 0.3 is 0 Å². The van der Waals surface area contributed by atoms with Crippen LogP contribution < -0.4 is 0 Å². The maximum absolute atomic E-state index is 4.68. The number of methoxy groups -OCH3 is 2. The van der Waals surface area contributed by atoms with Gasteiger partial charge in [0, 0.05) is 14.2 Å². The maximum atomic E-state index is 4.68. The van der Waals surface area contributed by atoms with E-state index in [-0.39, 0.29) is 6.29 Å². The first-order valence-corrected chi connectivity index (χ1v) is 3.87. The normalized spacial score (nSPS) is 7.20. The Labute approximate surface area is 65.5 Å². The molecule has 0 aliphatic heterocycles. The second-order valence-corrected chi connectivity index (χ2v) is 1.04. The summed E-state index contributed by atoms with van der Waals surface area (Å²) in [7, 11) is 3.21. The van der Waals surface area contributed by atoms with E-state index in [1.165, 1.54) is 0 Å². The van der Waals surface area contributed by atoms with E-state index < -0.39 is 0 Å². The van der Waals surface area contributed by atoms with Crippen LogP contribution >= 0.6 is 0 Å². The Bertz CT molecular complexity index is 26.4. The second-order valence-electron chi connectivity index (χ2n) is 1.04. The predicted molar refractivity (Wildman–Crippen MR) is 46.2 cm³/mol. The predicted octanol–water partition coefficient (Wildman–Crippen LogP) is 2.68. The third-order valence-corrected chi connectivity index (χ3v) is 0.664. The van der Waals surface area contributed by atoms with E-state index in [4.69, 9.17) is 0 Å². The van der Waals surface area contributed by atoms with Gasteiger partial charge in [0.2, 0.25) is 0 Å². The van der Waals surface area contributed by atoms with Gasteiger partial charge in [0.25, 0.3) is 0 Å². The monoisotopic (exact) mass is 150 g/mol. The molecule has 0 N–H and O–H groups in total. The van der Waals surface area contributed by atoms with Crippen molar-refractivity contribution in [3.05, 3.63) is 0 Å². The van der Waals surface area contributed by atoms with Gasteiger partial charge in [0.05, 0.1) is 0 Å². The Balaban J connectivity index is -0.000000105. The average molecular weight is 150 g/mol. The molecule has 0 aromatic heterocycles. The Morgan fingerprint density at radius 1 is 0.800 bits per heavy atom. The molecule has 0 aromatic carbocycles. The van der Waals surface area contributed by atoms with Gasteiger partial charge in [-0.25, -0.2) is 0 Å². The molecule has 0 unspecified atom stereocenters. The van der Waals surface area contributed by atoms with Gasteiger partial charge in [-0.05, 0) is 6.92 Å². The Morgan fingerprint density at radius 2 is 1.00 bits per heavy atom. The molecule has 0 radical (unpaired) electrons. The largest absolute Gasteiger partial charge is 0.356 e. The highest BCUT2D eigenvalue weighted by atomic mass is 16.7. The summed E-state index contributed by atoms with van der Waals surface area (Å²) in [6.07, 6.45) is -0.0648. The van der Waals surface area contributed by atoms with Crippen LogP contribution in [0.4, 0.5) is 0 Å². The van der Waals surface area contributed by atoms with Crippen LogP contribution in [0.5, 0.6) is 0 Å². The standard InChI is InChI=1S/C4H10O2.2C2H6/c1-4(5-2)6-3;2*1-2/h4H,1-3H3;2*1-2H3. The molecule has 0 atom stereocenters. The quantitative estimate of drug-likeness (QED) is 0.563. The molecule has 0 saturated carbocycles. The van der Waals surface area contributed by atoms with Crippen LogP contribution in [-0.2, 0) is 9.47 Å². The summed E-state index contributed by atoms with van der Waals surface area (Å²) in [5.41, 5.74) is 0. The highest BCUT2D eigenvalue weighted by molar-refractivity contribution is 4.17. The van der Waals surface area contributed by atoms with Crippen molar-refractivity contribution in [1.29, 1.82) is 0 Å². The third kappa shape index (κ3) is 24.7. The fourth-order valence-corrected chi connectivity index (χ4v) is 0.0962. The smallest absolute Gasteiger partial charge is 0.154 e. The van der Waals surface area contributed by atoms with Gasteiger partial charge in [0.1, 0.15) is 0 Å². The minimum absolute atomic E-state index is 0.0648. The van der Waals surface area contributed by atoms with Crippen LogP contribution in [0.3, 0.4) is 0 Å².